The van der Waals surface area contributed by atoms with Gasteiger partial charge in [-0.15, -0.1) is 0 Å². The second kappa shape index (κ2) is 4.98. The third-order valence-corrected chi connectivity index (χ3v) is 2.96. The predicted molar refractivity (Wildman–Crippen MR) is 57.3 cm³/mol. The summed E-state index contributed by atoms with van der Waals surface area (Å²) >= 11 is 0. The Hall–Kier alpha value is -1.56. The highest BCUT2D eigenvalue weighted by Crippen LogP contribution is 2.22. The van der Waals surface area contributed by atoms with Gasteiger partial charge in [-0.1, -0.05) is 12.1 Å². The predicted octanol–water partition coefficient (Wildman–Crippen LogP) is 0.944. The maximum Gasteiger partial charge on any atom is 0.306 e. The Morgan fingerprint density at radius 1 is 1.38 bits per heavy atom. The summed E-state index contributed by atoms with van der Waals surface area (Å²) < 4.78 is 27.8. The van der Waals surface area contributed by atoms with Gasteiger partial charge >= 0.3 is 5.97 Å². The highest BCUT2D eigenvalue weighted by molar-refractivity contribution is 7.90. The number of aliphatic carboxylic acids is 1. The van der Waals surface area contributed by atoms with Crippen LogP contribution in [0.4, 0.5) is 0 Å². The van der Waals surface area contributed by atoms with Crippen molar-refractivity contribution in [2.45, 2.75) is 11.3 Å². The quantitative estimate of drug-likeness (QED) is 0.833. The fourth-order valence-electron chi connectivity index (χ4n) is 1.12. The fraction of sp³-hybridized carbons (Fsp3) is 0.300. The zero-order valence-corrected chi connectivity index (χ0v) is 9.53. The molecule has 88 valence electrons. The molecule has 0 aliphatic carbocycles. The van der Waals surface area contributed by atoms with E-state index in [4.69, 9.17) is 9.84 Å². The molecule has 0 fully saturated rings. The molecule has 6 heteroatoms. The molecule has 1 rings (SSSR count). The molecule has 0 aliphatic rings. The van der Waals surface area contributed by atoms with Gasteiger partial charge in [-0.2, -0.15) is 0 Å². The van der Waals surface area contributed by atoms with Crippen molar-refractivity contribution in [3.63, 3.8) is 0 Å². The maximum atomic E-state index is 11.4. The summed E-state index contributed by atoms with van der Waals surface area (Å²) in [4.78, 5) is 10.3. The van der Waals surface area contributed by atoms with Gasteiger partial charge in [-0.25, -0.2) is 8.42 Å². The minimum atomic E-state index is -3.36. The topological polar surface area (TPSA) is 80.7 Å². The summed E-state index contributed by atoms with van der Waals surface area (Å²) in [5, 5.41) is 8.42. The summed E-state index contributed by atoms with van der Waals surface area (Å²) in [7, 11) is -3.36. The van der Waals surface area contributed by atoms with E-state index >= 15 is 0 Å². The molecule has 0 radical (unpaired) electrons. The van der Waals surface area contributed by atoms with Crippen LogP contribution in [-0.2, 0) is 14.6 Å². The van der Waals surface area contributed by atoms with Crippen molar-refractivity contribution < 1.29 is 23.1 Å². The van der Waals surface area contributed by atoms with Crippen LogP contribution in [0.2, 0.25) is 0 Å². The van der Waals surface area contributed by atoms with Crippen LogP contribution in [0.5, 0.6) is 5.75 Å². The van der Waals surface area contributed by atoms with E-state index in [9.17, 15) is 13.2 Å². The van der Waals surface area contributed by atoms with Crippen LogP contribution < -0.4 is 4.74 Å². The smallest absolute Gasteiger partial charge is 0.306 e. The van der Waals surface area contributed by atoms with Crippen molar-refractivity contribution in [2.75, 3.05) is 12.9 Å². The monoisotopic (exact) mass is 244 g/mol. The Bertz CT molecular complexity index is 478. The van der Waals surface area contributed by atoms with Crippen LogP contribution in [0.15, 0.2) is 29.2 Å². The molecule has 1 N–H and O–H groups in total. The summed E-state index contributed by atoms with van der Waals surface area (Å²) in [6.07, 6.45) is 0.907. The van der Waals surface area contributed by atoms with E-state index in [1.165, 1.54) is 12.1 Å². The first-order valence-corrected chi connectivity index (χ1v) is 6.44. The van der Waals surface area contributed by atoms with Crippen LogP contribution in [-0.4, -0.2) is 32.4 Å². The number of rotatable bonds is 5. The maximum absolute atomic E-state index is 11.4. The number of sulfone groups is 1. The molecule has 0 saturated carbocycles. The van der Waals surface area contributed by atoms with Crippen LogP contribution in [0.25, 0.3) is 0 Å². The molecular formula is C10H12O5S. The van der Waals surface area contributed by atoms with E-state index in [2.05, 4.69) is 0 Å². The molecule has 0 spiro atoms. The minimum absolute atomic E-state index is 0.0537. The van der Waals surface area contributed by atoms with E-state index in [0.29, 0.717) is 0 Å². The van der Waals surface area contributed by atoms with Crippen molar-refractivity contribution in [3.8, 4) is 5.75 Å². The Morgan fingerprint density at radius 2 is 2.00 bits per heavy atom. The summed E-state index contributed by atoms with van der Waals surface area (Å²) in [5.41, 5.74) is 0. The van der Waals surface area contributed by atoms with Crippen molar-refractivity contribution >= 4 is 15.8 Å². The average Bonchev–Trinajstić information content (AvgIpc) is 2.16. The second-order valence-electron chi connectivity index (χ2n) is 3.21. The lowest BCUT2D eigenvalue weighted by atomic mass is 10.3. The van der Waals surface area contributed by atoms with E-state index in [1.54, 1.807) is 12.1 Å². The lowest BCUT2D eigenvalue weighted by Crippen LogP contribution is -2.07. The molecule has 1 aromatic carbocycles. The highest BCUT2D eigenvalue weighted by atomic mass is 32.2. The number of carbonyl (C=O) groups is 1. The Balaban J connectivity index is 2.84. The van der Waals surface area contributed by atoms with Gasteiger partial charge in [-0.3, -0.25) is 4.79 Å². The molecule has 0 unspecified atom stereocenters. The first-order valence-electron chi connectivity index (χ1n) is 4.55. The zero-order valence-electron chi connectivity index (χ0n) is 8.71. The molecule has 0 bridgehead atoms. The van der Waals surface area contributed by atoms with Crippen molar-refractivity contribution in [1.82, 2.24) is 0 Å². The van der Waals surface area contributed by atoms with Crippen LogP contribution >= 0.6 is 0 Å². The molecule has 0 aliphatic heterocycles. The van der Waals surface area contributed by atoms with Gasteiger partial charge in [0.25, 0.3) is 0 Å². The molecular weight excluding hydrogens is 232 g/mol. The molecule has 0 heterocycles. The SMILES string of the molecule is CS(=O)(=O)c1ccccc1OCCC(=O)O. The van der Waals surface area contributed by atoms with E-state index in [-0.39, 0.29) is 23.7 Å². The molecule has 0 atom stereocenters. The lowest BCUT2D eigenvalue weighted by molar-refractivity contribution is -0.137. The van der Waals surface area contributed by atoms with E-state index in [1.807, 2.05) is 0 Å². The minimum Gasteiger partial charge on any atom is -0.492 e. The van der Waals surface area contributed by atoms with Crippen LogP contribution in [0.1, 0.15) is 6.42 Å². The van der Waals surface area contributed by atoms with Crippen molar-refractivity contribution in [1.29, 1.82) is 0 Å². The van der Waals surface area contributed by atoms with Gasteiger partial charge in [0.15, 0.2) is 9.84 Å². The number of ether oxygens (including phenoxy) is 1. The molecule has 0 aromatic heterocycles. The van der Waals surface area contributed by atoms with Crippen molar-refractivity contribution in [2.24, 2.45) is 0 Å². The first kappa shape index (κ1) is 12.5. The molecule has 16 heavy (non-hydrogen) atoms. The Labute approximate surface area is 93.6 Å². The molecule has 1 aromatic rings. The largest absolute Gasteiger partial charge is 0.492 e. The fourth-order valence-corrected chi connectivity index (χ4v) is 1.94. The van der Waals surface area contributed by atoms with Gasteiger partial charge in [0.1, 0.15) is 10.6 Å². The molecule has 0 saturated heterocycles. The Morgan fingerprint density at radius 3 is 2.56 bits per heavy atom. The standard InChI is InChI=1S/C10H12O5S/c1-16(13,14)9-5-3-2-4-8(9)15-7-6-10(11)12/h2-5H,6-7H2,1H3,(H,11,12). The van der Waals surface area contributed by atoms with Gasteiger partial charge in [0.2, 0.25) is 0 Å². The number of carboxylic acids is 1. The van der Waals surface area contributed by atoms with E-state index < -0.39 is 15.8 Å². The number of para-hydroxylation sites is 1. The Kier molecular flexibility index (Phi) is 3.89. The summed E-state index contributed by atoms with van der Waals surface area (Å²) in [6.45, 7) is -0.0537. The van der Waals surface area contributed by atoms with Crippen molar-refractivity contribution in [3.05, 3.63) is 24.3 Å². The third-order valence-electron chi connectivity index (χ3n) is 1.82. The van der Waals surface area contributed by atoms with Crippen LogP contribution in [0.3, 0.4) is 0 Å². The van der Waals surface area contributed by atoms with Gasteiger partial charge in [0.05, 0.1) is 13.0 Å². The van der Waals surface area contributed by atoms with Gasteiger partial charge in [-0.05, 0) is 12.1 Å². The van der Waals surface area contributed by atoms with E-state index in [0.717, 1.165) is 6.26 Å². The number of carboxylic acid groups (broad SMARTS) is 1. The summed E-state index contributed by atoms with van der Waals surface area (Å²) in [5.74, 6) is -0.803. The highest BCUT2D eigenvalue weighted by Gasteiger charge is 2.13. The lowest BCUT2D eigenvalue weighted by Gasteiger charge is -2.08. The van der Waals surface area contributed by atoms with Gasteiger partial charge < -0.3 is 9.84 Å². The summed E-state index contributed by atoms with van der Waals surface area (Å²) in [6, 6.07) is 6.13. The molecule has 0 amide bonds. The third kappa shape index (κ3) is 3.54. The number of hydrogen-bond acceptors (Lipinski definition) is 4. The molecule has 5 nitrogen and oxygen atoms in total. The average molecular weight is 244 g/mol. The first-order chi connectivity index (χ1) is 7.41. The van der Waals surface area contributed by atoms with Crippen LogP contribution in [0, 0.1) is 0 Å². The zero-order chi connectivity index (χ0) is 12.2. The normalized spacial score (nSPS) is 11.1. The number of benzene rings is 1. The second-order valence-corrected chi connectivity index (χ2v) is 5.20. The number of hydrogen-bond donors (Lipinski definition) is 1. The van der Waals surface area contributed by atoms with Gasteiger partial charge in [0, 0.05) is 6.26 Å².